The van der Waals surface area contributed by atoms with Crippen LogP contribution in [0.3, 0.4) is 0 Å². The smallest absolute Gasteiger partial charge is 0.254 e. The summed E-state index contributed by atoms with van der Waals surface area (Å²) in [6, 6.07) is 10.5. The molecule has 1 aliphatic rings. The van der Waals surface area contributed by atoms with Gasteiger partial charge in [0.05, 0.1) is 0 Å². The van der Waals surface area contributed by atoms with Crippen LogP contribution >= 0.6 is 0 Å². The number of nitrogens with zero attached hydrogens (tertiary/aromatic N) is 2. The number of amides is 1. The number of likely N-dealkylation sites (N-methyl/N-ethyl adjacent to an activating group) is 1. The minimum Gasteiger partial charge on any atom is -0.336 e. The van der Waals surface area contributed by atoms with Crippen molar-refractivity contribution in [1.29, 1.82) is 0 Å². The molecule has 1 heterocycles. The molecule has 0 bridgehead atoms. The lowest BCUT2D eigenvalue weighted by atomic mass is 10.0. The maximum absolute atomic E-state index is 13.9. The largest absolute Gasteiger partial charge is 0.336 e. The van der Waals surface area contributed by atoms with E-state index in [1.54, 1.807) is 18.2 Å². The predicted molar refractivity (Wildman–Crippen MR) is 81.9 cm³/mol. The number of hydrogen-bond acceptors (Lipinski definition) is 2. The third kappa shape index (κ3) is 2.51. The lowest BCUT2D eigenvalue weighted by molar-refractivity contribution is 0.0574. The highest BCUT2D eigenvalue weighted by Gasteiger charge is 2.26. The summed E-state index contributed by atoms with van der Waals surface area (Å²) in [5, 5.41) is 1.19. The highest BCUT2D eigenvalue weighted by Crippen LogP contribution is 2.23. The van der Waals surface area contributed by atoms with Crippen LogP contribution < -0.4 is 0 Å². The quantitative estimate of drug-likeness (QED) is 0.805. The lowest BCUT2D eigenvalue weighted by Crippen LogP contribution is -2.52. The van der Waals surface area contributed by atoms with E-state index in [0.717, 1.165) is 6.54 Å². The van der Waals surface area contributed by atoms with Crippen LogP contribution in [0.25, 0.3) is 10.8 Å². The van der Waals surface area contributed by atoms with Gasteiger partial charge in [-0.25, -0.2) is 4.39 Å². The van der Waals surface area contributed by atoms with Crippen LogP contribution in [0.5, 0.6) is 0 Å². The standard InChI is InChI=1S/C17H19FN2O/c1-12-11-20(10-9-19(12)2)17(21)15-7-8-16(18)14-6-4-3-5-13(14)15/h3-8,12H,9-11H2,1-2H3. The second-order valence-electron chi connectivity index (χ2n) is 5.72. The lowest BCUT2D eigenvalue weighted by Gasteiger charge is -2.37. The van der Waals surface area contributed by atoms with Gasteiger partial charge in [-0.2, -0.15) is 0 Å². The van der Waals surface area contributed by atoms with E-state index in [4.69, 9.17) is 0 Å². The van der Waals surface area contributed by atoms with Gasteiger partial charge in [0.15, 0.2) is 0 Å². The number of rotatable bonds is 1. The number of halogens is 1. The first-order valence-corrected chi connectivity index (χ1v) is 7.24. The van der Waals surface area contributed by atoms with E-state index in [-0.39, 0.29) is 11.7 Å². The van der Waals surface area contributed by atoms with Gasteiger partial charge in [0, 0.05) is 36.6 Å². The Morgan fingerprint density at radius 1 is 1.14 bits per heavy atom. The summed E-state index contributed by atoms with van der Waals surface area (Å²) in [6.07, 6.45) is 0. The minimum absolute atomic E-state index is 0.00819. The molecule has 0 aromatic heterocycles. The molecule has 0 radical (unpaired) electrons. The third-order valence-electron chi connectivity index (χ3n) is 4.35. The Morgan fingerprint density at radius 3 is 2.57 bits per heavy atom. The minimum atomic E-state index is -0.283. The summed E-state index contributed by atoms with van der Waals surface area (Å²) >= 11 is 0. The van der Waals surface area contributed by atoms with E-state index in [9.17, 15) is 9.18 Å². The molecule has 2 aromatic carbocycles. The molecular formula is C17H19FN2O. The Morgan fingerprint density at radius 2 is 1.86 bits per heavy atom. The number of carbonyl (C=O) groups is 1. The summed E-state index contributed by atoms with van der Waals surface area (Å²) < 4.78 is 13.9. The van der Waals surface area contributed by atoms with Gasteiger partial charge in [-0.05, 0) is 31.5 Å². The van der Waals surface area contributed by atoms with Gasteiger partial charge in [0.25, 0.3) is 5.91 Å². The van der Waals surface area contributed by atoms with Crippen molar-refractivity contribution in [3.8, 4) is 0 Å². The van der Waals surface area contributed by atoms with E-state index in [0.29, 0.717) is 35.5 Å². The molecule has 0 aliphatic carbocycles. The molecule has 1 aliphatic heterocycles. The normalized spacial score (nSPS) is 20.0. The first-order valence-electron chi connectivity index (χ1n) is 7.24. The fourth-order valence-corrected chi connectivity index (χ4v) is 2.85. The molecule has 0 saturated carbocycles. The third-order valence-corrected chi connectivity index (χ3v) is 4.35. The number of benzene rings is 2. The monoisotopic (exact) mass is 286 g/mol. The van der Waals surface area contributed by atoms with Gasteiger partial charge >= 0.3 is 0 Å². The molecule has 21 heavy (non-hydrogen) atoms. The summed E-state index contributed by atoms with van der Waals surface area (Å²) in [7, 11) is 2.07. The van der Waals surface area contributed by atoms with E-state index < -0.39 is 0 Å². The molecule has 110 valence electrons. The Balaban J connectivity index is 1.97. The summed E-state index contributed by atoms with van der Waals surface area (Å²) in [5.74, 6) is -0.292. The molecule has 3 nitrogen and oxygen atoms in total. The van der Waals surface area contributed by atoms with Crippen LogP contribution in [0.2, 0.25) is 0 Å². The Bertz CT molecular complexity index is 686. The van der Waals surface area contributed by atoms with Gasteiger partial charge in [0.2, 0.25) is 0 Å². The molecular weight excluding hydrogens is 267 g/mol. The van der Waals surface area contributed by atoms with Crippen LogP contribution in [0.4, 0.5) is 4.39 Å². The average Bonchev–Trinajstić information content (AvgIpc) is 2.50. The van der Waals surface area contributed by atoms with Crippen molar-refractivity contribution in [2.24, 2.45) is 0 Å². The van der Waals surface area contributed by atoms with Gasteiger partial charge in [-0.3, -0.25) is 4.79 Å². The van der Waals surface area contributed by atoms with Crippen molar-refractivity contribution >= 4 is 16.7 Å². The first kappa shape index (κ1) is 14.0. The second-order valence-corrected chi connectivity index (χ2v) is 5.72. The van der Waals surface area contributed by atoms with Crippen LogP contribution in [0, 0.1) is 5.82 Å². The highest BCUT2D eigenvalue weighted by molar-refractivity contribution is 6.07. The van der Waals surface area contributed by atoms with Crippen molar-refractivity contribution in [2.45, 2.75) is 13.0 Å². The number of piperazine rings is 1. The maximum atomic E-state index is 13.9. The van der Waals surface area contributed by atoms with Gasteiger partial charge in [-0.15, -0.1) is 0 Å². The van der Waals surface area contributed by atoms with Gasteiger partial charge < -0.3 is 9.80 Å². The zero-order valence-corrected chi connectivity index (χ0v) is 12.3. The maximum Gasteiger partial charge on any atom is 0.254 e. The molecule has 1 saturated heterocycles. The molecule has 1 fully saturated rings. The zero-order chi connectivity index (χ0) is 15.0. The molecule has 4 heteroatoms. The Kier molecular flexibility index (Phi) is 3.64. The van der Waals surface area contributed by atoms with Crippen molar-refractivity contribution in [3.63, 3.8) is 0 Å². The van der Waals surface area contributed by atoms with Crippen LogP contribution in [0.15, 0.2) is 36.4 Å². The second kappa shape index (κ2) is 5.45. The van der Waals surface area contributed by atoms with Crippen LogP contribution in [0.1, 0.15) is 17.3 Å². The van der Waals surface area contributed by atoms with Crippen molar-refractivity contribution in [1.82, 2.24) is 9.80 Å². The van der Waals surface area contributed by atoms with E-state index in [1.165, 1.54) is 6.07 Å². The predicted octanol–water partition coefficient (Wildman–Crippen LogP) is 2.76. The van der Waals surface area contributed by atoms with E-state index in [2.05, 4.69) is 18.9 Å². The Hall–Kier alpha value is -1.94. The number of fused-ring (bicyclic) bond motifs is 1. The molecule has 0 N–H and O–H groups in total. The summed E-state index contributed by atoms with van der Waals surface area (Å²) in [6.45, 7) is 4.40. The SMILES string of the molecule is CC1CN(C(=O)c2ccc(F)c3ccccc23)CCN1C. The zero-order valence-electron chi connectivity index (χ0n) is 12.3. The molecule has 3 rings (SSSR count). The molecule has 1 atom stereocenters. The summed E-state index contributed by atoms with van der Waals surface area (Å²) in [4.78, 5) is 16.9. The van der Waals surface area contributed by atoms with Gasteiger partial charge in [-0.1, -0.05) is 24.3 Å². The number of carbonyl (C=O) groups excluding carboxylic acids is 1. The first-order chi connectivity index (χ1) is 10.1. The Labute approximate surface area is 124 Å². The molecule has 1 amide bonds. The molecule has 2 aromatic rings. The van der Waals surface area contributed by atoms with Crippen molar-refractivity contribution < 1.29 is 9.18 Å². The average molecular weight is 286 g/mol. The van der Waals surface area contributed by atoms with E-state index >= 15 is 0 Å². The fraction of sp³-hybridized carbons (Fsp3) is 0.353. The number of hydrogen-bond donors (Lipinski definition) is 0. The molecule has 0 spiro atoms. The van der Waals surface area contributed by atoms with Crippen molar-refractivity contribution in [2.75, 3.05) is 26.7 Å². The van der Waals surface area contributed by atoms with Gasteiger partial charge in [0.1, 0.15) is 5.82 Å². The highest BCUT2D eigenvalue weighted by atomic mass is 19.1. The van der Waals surface area contributed by atoms with Crippen LogP contribution in [-0.2, 0) is 0 Å². The fourth-order valence-electron chi connectivity index (χ4n) is 2.85. The van der Waals surface area contributed by atoms with E-state index in [1.807, 2.05) is 17.0 Å². The summed E-state index contributed by atoms with van der Waals surface area (Å²) in [5.41, 5.74) is 0.587. The van der Waals surface area contributed by atoms with Crippen LogP contribution in [-0.4, -0.2) is 48.4 Å². The topological polar surface area (TPSA) is 23.6 Å². The molecule has 1 unspecified atom stereocenters. The van der Waals surface area contributed by atoms with Crippen molar-refractivity contribution in [3.05, 3.63) is 47.8 Å².